The van der Waals surface area contributed by atoms with Gasteiger partial charge < -0.3 is 16.0 Å². The first-order valence-corrected chi connectivity index (χ1v) is 11.3. The van der Waals surface area contributed by atoms with Gasteiger partial charge in [0.05, 0.1) is 17.6 Å². The van der Waals surface area contributed by atoms with Crippen molar-refractivity contribution >= 4 is 23.1 Å². The fourth-order valence-electron chi connectivity index (χ4n) is 4.63. The highest BCUT2D eigenvalue weighted by molar-refractivity contribution is 5.88. The molecular weight excluding hydrogens is 481 g/mol. The number of allylic oxidation sites excluding steroid dienone is 3. The summed E-state index contributed by atoms with van der Waals surface area (Å²) in [5, 5.41) is 3.10. The maximum atomic E-state index is 13.2. The van der Waals surface area contributed by atoms with Gasteiger partial charge in [0, 0.05) is 29.2 Å². The van der Waals surface area contributed by atoms with E-state index in [-0.39, 0.29) is 5.69 Å². The Bertz CT molecular complexity index is 1630. The van der Waals surface area contributed by atoms with Crippen LogP contribution in [0.2, 0.25) is 0 Å². The van der Waals surface area contributed by atoms with Crippen molar-refractivity contribution in [3.63, 3.8) is 0 Å². The summed E-state index contributed by atoms with van der Waals surface area (Å²) in [5.41, 5.74) is 9.83. The van der Waals surface area contributed by atoms with Crippen molar-refractivity contribution in [1.29, 1.82) is 0 Å². The number of nitrogens with one attached hydrogen (secondary N) is 2. The smallest absolute Gasteiger partial charge is 0.360 e. The third kappa shape index (κ3) is 3.89. The summed E-state index contributed by atoms with van der Waals surface area (Å²) in [6.07, 6.45) is 8.40. The molecule has 0 radical (unpaired) electrons. The molecule has 4 aromatic rings. The minimum atomic E-state index is -4.45. The van der Waals surface area contributed by atoms with Gasteiger partial charge in [-0.05, 0) is 42.0 Å². The number of aliphatic imine (C=N–C) groups is 1. The minimum Gasteiger partial charge on any atom is -0.360 e. The van der Waals surface area contributed by atoms with E-state index in [2.05, 4.69) is 35.2 Å². The predicted molar refractivity (Wildman–Crippen MR) is 133 cm³/mol. The van der Waals surface area contributed by atoms with Gasteiger partial charge in [-0.3, -0.25) is 9.98 Å². The van der Waals surface area contributed by atoms with E-state index in [1.54, 1.807) is 43.0 Å². The Morgan fingerprint density at radius 3 is 2.78 bits per heavy atom. The number of benzene rings is 1. The standard InChI is InChI=1S/C26H19F3N8/c27-26(28,29)15-4-1-5-16(12-15)37-23-17-6-2-9-25(30,19(17)8-11-32-23)22-18(7-3-10-31-22)20-21-24(35-13-33-20)36-14-34-21/h1-14,23,37H,30H2,(H,33,34,35,36). The number of alkyl halides is 3. The first-order chi connectivity index (χ1) is 17.8. The number of fused-ring (bicyclic) bond motifs is 2. The van der Waals surface area contributed by atoms with Crippen molar-refractivity contribution < 1.29 is 13.2 Å². The topological polar surface area (TPSA) is 118 Å². The predicted octanol–water partition coefficient (Wildman–Crippen LogP) is 4.53. The van der Waals surface area contributed by atoms with Crippen LogP contribution in [0.1, 0.15) is 11.3 Å². The maximum absolute atomic E-state index is 13.2. The number of nitrogens with zero attached hydrogens (tertiary/aromatic N) is 5. The van der Waals surface area contributed by atoms with E-state index in [9.17, 15) is 13.2 Å². The number of pyridine rings is 1. The zero-order chi connectivity index (χ0) is 25.6. The zero-order valence-corrected chi connectivity index (χ0v) is 19.1. The molecule has 4 heterocycles. The molecule has 1 aliphatic carbocycles. The molecule has 0 saturated carbocycles. The highest BCUT2D eigenvalue weighted by Crippen LogP contribution is 2.42. The normalized spacial score (nSPS) is 20.9. The van der Waals surface area contributed by atoms with Crippen molar-refractivity contribution in [2.24, 2.45) is 10.7 Å². The number of aromatic amines is 1. The second kappa shape index (κ2) is 8.49. The number of aromatic nitrogens is 5. The molecular formula is C26H19F3N8. The number of imidazole rings is 1. The number of rotatable bonds is 4. The van der Waals surface area contributed by atoms with Crippen molar-refractivity contribution in [2.75, 3.05) is 5.32 Å². The van der Waals surface area contributed by atoms with Gasteiger partial charge in [0.25, 0.3) is 0 Å². The van der Waals surface area contributed by atoms with Crippen LogP contribution in [0.15, 0.2) is 95.7 Å². The Labute approximate surface area is 208 Å². The first kappa shape index (κ1) is 22.8. The van der Waals surface area contributed by atoms with Crippen molar-refractivity contribution in [1.82, 2.24) is 24.9 Å². The number of hydrogen-bond acceptors (Lipinski definition) is 7. The highest BCUT2D eigenvalue weighted by atomic mass is 19.4. The maximum Gasteiger partial charge on any atom is 0.416 e. The molecule has 37 heavy (non-hydrogen) atoms. The number of H-pyrrole nitrogens is 1. The average molecular weight is 500 g/mol. The Kier molecular flexibility index (Phi) is 5.23. The largest absolute Gasteiger partial charge is 0.416 e. The van der Waals surface area contributed by atoms with Gasteiger partial charge in [-0.15, -0.1) is 0 Å². The molecule has 0 bridgehead atoms. The van der Waals surface area contributed by atoms with Crippen LogP contribution in [0.5, 0.6) is 0 Å². The van der Waals surface area contributed by atoms with Gasteiger partial charge in [-0.25, -0.2) is 15.0 Å². The van der Waals surface area contributed by atoms with Gasteiger partial charge in [0.15, 0.2) is 5.65 Å². The number of halogens is 3. The number of dihydropyridines is 1. The molecule has 0 amide bonds. The third-order valence-corrected chi connectivity index (χ3v) is 6.33. The zero-order valence-electron chi connectivity index (χ0n) is 19.1. The molecule has 1 aromatic carbocycles. The highest BCUT2D eigenvalue weighted by Gasteiger charge is 2.40. The summed E-state index contributed by atoms with van der Waals surface area (Å²) >= 11 is 0. The summed E-state index contributed by atoms with van der Waals surface area (Å²) in [7, 11) is 0. The average Bonchev–Trinajstić information content (AvgIpc) is 3.38. The molecule has 0 spiro atoms. The van der Waals surface area contributed by atoms with Crippen LogP contribution >= 0.6 is 0 Å². The second-order valence-corrected chi connectivity index (χ2v) is 8.58. The van der Waals surface area contributed by atoms with Gasteiger partial charge in [-0.2, -0.15) is 13.2 Å². The molecule has 8 nitrogen and oxygen atoms in total. The third-order valence-electron chi connectivity index (χ3n) is 6.33. The summed E-state index contributed by atoms with van der Waals surface area (Å²) in [6.45, 7) is 0. The van der Waals surface area contributed by atoms with Crippen molar-refractivity contribution in [3.05, 3.63) is 102 Å². The molecule has 184 valence electrons. The van der Waals surface area contributed by atoms with Crippen LogP contribution in [0.25, 0.3) is 22.4 Å². The fourth-order valence-corrected chi connectivity index (χ4v) is 4.63. The molecule has 2 aliphatic rings. The Hall–Kier alpha value is -4.64. The molecule has 1 aliphatic heterocycles. The van der Waals surface area contributed by atoms with Crippen LogP contribution in [0.4, 0.5) is 18.9 Å². The van der Waals surface area contributed by atoms with Gasteiger partial charge >= 0.3 is 6.18 Å². The van der Waals surface area contributed by atoms with E-state index in [0.717, 1.165) is 12.1 Å². The minimum absolute atomic E-state index is 0.289. The lowest BCUT2D eigenvalue weighted by Crippen LogP contribution is -2.43. The van der Waals surface area contributed by atoms with Crippen LogP contribution < -0.4 is 11.1 Å². The van der Waals surface area contributed by atoms with Crippen LogP contribution in [-0.4, -0.2) is 37.3 Å². The van der Waals surface area contributed by atoms with Gasteiger partial charge in [0.2, 0.25) is 0 Å². The monoisotopic (exact) mass is 500 g/mol. The van der Waals surface area contributed by atoms with Crippen LogP contribution in [-0.2, 0) is 11.7 Å². The molecule has 3 aromatic heterocycles. The lowest BCUT2D eigenvalue weighted by Gasteiger charge is -2.37. The van der Waals surface area contributed by atoms with E-state index in [0.29, 0.717) is 39.3 Å². The number of anilines is 1. The van der Waals surface area contributed by atoms with Gasteiger partial charge in [-0.1, -0.05) is 24.3 Å². The van der Waals surface area contributed by atoms with E-state index in [1.165, 1.54) is 12.4 Å². The Morgan fingerprint density at radius 2 is 1.92 bits per heavy atom. The molecule has 0 fully saturated rings. The second-order valence-electron chi connectivity index (χ2n) is 8.58. The van der Waals surface area contributed by atoms with E-state index < -0.39 is 23.4 Å². The SMILES string of the molecule is NC1(c2ncccc2-c2ncnc3[nH]cnc23)C=CC=C2C1=CC=NC2Nc1cccc(C(F)(F)F)c1. The Morgan fingerprint density at radius 1 is 1.03 bits per heavy atom. The quantitative estimate of drug-likeness (QED) is 0.379. The number of nitrogens with two attached hydrogens (primary N) is 1. The van der Waals surface area contributed by atoms with E-state index in [1.807, 2.05) is 18.2 Å². The summed E-state index contributed by atoms with van der Waals surface area (Å²) in [6, 6.07) is 8.67. The fraction of sp³-hybridized carbons (Fsp3) is 0.115. The van der Waals surface area contributed by atoms with E-state index >= 15 is 0 Å². The molecule has 6 rings (SSSR count). The molecule has 2 unspecified atom stereocenters. The molecule has 11 heteroatoms. The summed E-state index contributed by atoms with van der Waals surface area (Å²) in [5.74, 6) is 0. The Balaban J connectivity index is 1.39. The summed E-state index contributed by atoms with van der Waals surface area (Å²) < 4.78 is 39.7. The summed E-state index contributed by atoms with van der Waals surface area (Å²) in [4.78, 5) is 25.1. The lowest BCUT2D eigenvalue weighted by atomic mass is 9.75. The first-order valence-electron chi connectivity index (χ1n) is 11.3. The van der Waals surface area contributed by atoms with Gasteiger partial charge in [0.1, 0.15) is 29.2 Å². The molecule has 0 saturated heterocycles. The lowest BCUT2D eigenvalue weighted by molar-refractivity contribution is -0.137. The van der Waals surface area contributed by atoms with Crippen LogP contribution in [0.3, 0.4) is 0 Å². The molecule has 4 N–H and O–H groups in total. The van der Waals surface area contributed by atoms with Crippen molar-refractivity contribution in [2.45, 2.75) is 17.9 Å². The van der Waals surface area contributed by atoms with Crippen LogP contribution in [0, 0.1) is 0 Å². The van der Waals surface area contributed by atoms with Crippen molar-refractivity contribution in [3.8, 4) is 11.3 Å². The van der Waals surface area contributed by atoms with E-state index in [4.69, 9.17) is 5.73 Å². The number of hydrogen-bond donors (Lipinski definition) is 3. The molecule has 2 atom stereocenters.